The molecule has 1 aliphatic rings. The molecule has 0 saturated carbocycles. The first-order valence-electron chi connectivity index (χ1n) is 9.03. The zero-order valence-electron chi connectivity index (χ0n) is 15.5. The van der Waals surface area contributed by atoms with Crippen molar-refractivity contribution in [3.05, 3.63) is 52.3 Å². The zero-order chi connectivity index (χ0) is 21.5. The summed E-state index contributed by atoms with van der Waals surface area (Å²) in [5.74, 6) is -1.73. The molecular formula is C19H16BrFN4O4S. The van der Waals surface area contributed by atoms with Crippen LogP contribution in [0.1, 0.15) is 23.2 Å². The van der Waals surface area contributed by atoms with Crippen LogP contribution in [0.15, 0.2) is 56.0 Å². The molecule has 2 N–H and O–H groups in total. The molecule has 11 heteroatoms. The highest BCUT2D eigenvalue weighted by Gasteiger charge is 2.27. The van der Waals surface area contributed by atoms with E-state index in [4.69, 9.17) is 0 Å². The average Bonchev–Trinajstić information content (AvgIpc) is 3.35. The van der Waals surface area contributed by atoms with E-state index in [-0.39, 0.29) is 27.4 Å². The summed E-state index contributed by atoms with van der Waals surface area (Å²) in [5.41, 5.74) is 0.333. The molecule has 30 heavy (non-hydrogen) atoms. The summed E-state index contributed by atoms with van der Waals surface area (Å²) in [6.45, 7) is 0.901. The first-order valence-corrected chi connectivity index (χ1v) is 11.3. The number of aromatic nitrogens is 1. The molecule has 2 aromatic carbocycles. The smallest absolute Gasteiger partial charge is 0.295 e. The van der Waals surface area contributed by atoms with Crippen molar-refractivity contribution in [3.8, 4) is 5.88 Å². The van der Waals surface area contributed by atoms with Crippen LogP contribution >= 0.6 is 15.9 Å². The maximum Gasteiger partial charge on any atom is 0.295 e. The summed E-state index contributed by atoms with van der Waals surface area (Å²) in [5, 5.41) is 17.7. The van der Waals surface area contributed by atoms with Crippen molar-refractivity contribution in [3.63, 3.8) is 0 Å². The van der Waals surface area contributed by atoms with Crippen molar-refractivity contribution in [2.75, 3.05) is 13.1 Å². The number of nitrogens with zero attached hydrogens (tertiary/aromatic N) is 3. The Morgan fingerprint density at radius 2 is 1.93 bits per heavy atom. The quantitative estimate of drug-likeness (QED) is 0.519. The third-order valence-corrected chi connectivity index (χ3v) is 7.32. The number of fused-ring (bicyclic) bond motifs is 1. The van der Waals surface area contributed by atoms with Crippen molar-refractivity contribution in [2.24, 2.45) is 10.2 Å². The number of benzene rings is 2. The van der Waals surface area contributed by atoms with Gasteiger partial charge in [-0.25, -0.2) is 12.8 Å². The van der Waals surface area contributed by atoms with Crippen LogP contribution in [0, 0.1) is 5.82 Å². The molecule has 4 rings (SSSR count). The second-order valence-corrected chi connectivity index (χ2v) is 9.57. The molecule has 1 saturated heterocycles. The van der Waals surface area contributed by atoms with Gasteiger partial charge >= 0.3 is 0 Å². The molecule has 0 spiro atoms. The molecule has 0 radical (unpaired) electrons. The Hall–Kier alpha value is -2.63. The lowest BCUT2D eigenvalue weighted by Crippen LogP contribution is -2.27. The molecule has 3 aromatic rings. The molecule has 0 atom stereocenters. The van der Waals surface area contributed by atoms with Crippen LogP contribution in [0.2, 0.25) is 0 Å². The number of aromatic amines is 1. The van der Waals surface area contributed by atoms with Gasteiger partial charge in [0.2, 0.25) is 15.9 Å². The van der Waals surface area contributed by atoms with E-state index in [1.54, 1.807) is 0 Å². The molecule has 8 nitrogen and oxygen atoms in total. The van der Waals surface area contributed by atoms with Gasteiger partial charge in [0.1, 0.15) is 5.82 Å². The molecule has 0 aliphatic carbocycles. The van der Waals surface area contributed by atoms with Crippen LogP contribution in [0.25, 0.3) is 10.9 Å². The normalized spacial score (nSPS) is 15.4. The van der Waals surface area contributed by atoms with Crippen LogP contribution in [0.3, 0.4) is 0 Å². The summed E-state index contributed by atoms with van der Waals surface area (Å²) in [7, 11) is -3.68. The van der Waals surface area contributed by atoms with Crippen LogP contribution < -0.4 is 0 Å². The number of hydrogen-bond acceptors (Lipinski definition) is 5. The van der Waals surface area contributed by atoms with Crippen molar-refractivity contribution in [1.29, 1.82) is 0 Å². The molecule has 2 heterocycles. The highest BCUT2D eigenvalue weighted by atomic mass is 79.9. The number of sulfonamides is 1. The minimum Gasteiger partial charge on any atom is -0.493 e. The van der Waals surface area contributed by atoms with Gasteiger partial charge in [0.05, 0.1) is 10.4 Å². The van der Waals surface area contributed by atoms with Gasteiger partial charge in [0.15, 0.2) is 5.69 Å². The number of halogens is 2. The monoisotopic (exact) mass is 494 g/mol. The number of amides is 1. The molecule has 1 aromatic heterocycles. The molecule has 156 valence electrons. The summed E-state index contributed by atoms with van der Waals surface area (Å²) in [4.78, 5) is 15.1. The molecule has 1 amide bonds. The number of carbonyl (C=O) groups excluding carboxylic acids is 1. The van der Waals surface area contributed by atoms with E-state index < -0.39 is 21.7 Å². The van der Waals surface area contributed by atoms with Crippen LogP contribution in [-0.4, -0.2) is 41.8 Å². The second-order valence-electron chi connectivity index (χ2n) is 6.78. The standard InChI is InChI=1S/C19H16BrFN4O4S/c20-15-10-12(21)9-14-16(15)22-19(27)17(14)23-24-18(26)11-4-3-5-13(8-11)30(28,29)25-6-1-2-7-25/h3-5,8-10,22,27H,1-2,6-7H2. The van der Waals surface area contributed by atoms with E-state index in [1.165, 1.54) is 34.6 Å². The van der Waals surface area contributed by atoms with Crippen LogP contribution in [0.4, 0.5) is 10.1 Å². The predicted octanol–water partition coefficient (Wildman–Crippen LogP) is 4.48. The minimum absolute atomic E-state index is 0.00592. The van der Waals surface area contributed by atoms with Crippen molar-refractivity contribution in [2.45, 2.75) is 17.7 Å². The first-order chi connectivity index (χ1) is 14.3. The Kier molecular flexibility index (Phi) is 5.43. The lowest BCUT2D eigenvalue weighted by atomic mass is 10.2. The Balaban J connectivity index is 1.65. The third kappa shape index (κ3) is 3.75. The summed E-state index contributed by atoms with van der Waals surface area (Å²) in [6.07, 6.45) is 1.60. The second kappa shape index (κ2) is 7.89. The van der Waals surface area contributed by atoms with Gasteiger partial charge in [-0.3, -0.25) is 4.79 Å². The van der Waals surface area contributed by atoms with Gasteiger partial charge in [0.25, 0.3) is 5.91 Å². The minimum atomic E-state index is -3.68. The van der Waals surface area contributed by atoms with Gasteiger partial charge in [-0.15, -0.1) is 10.2 Å². The lowest BCUT2D eigenvalue weighted by molar-refractivity contribution is 0.0995. The lowest BCUT2D eigenvalue weighted by Gasteiger charge is -2.15. The fourth-order valence-electron chi connectivity index (χ4n) is 3.31. The van der Waals surface area contributed by atoms with Crippen molar-refractivity contribution in [1.82, 2.24) is 9.29 Å². The molecule has 1 fully saturated rings. The number of aromatic hydroxyl groups is 1. The molecule has 1 aliphatic heterocycles. The summed E-state index contributed by atoms with van der Waals surface area (Å²) >= 11 is 3.18. The number of nitrogens with one attached hydrogen (secondary N) is 1. The summed E-state index contributed by atoms with van der Waals surface area (Å²) in [6, 6.07) is 7.93. The molecular weight excluding hydrogens is 479 g/mol. The fourth-order valence-corrected chi connectivity index (χ4v) is 5.41. The van der Waals surface area contributed by atoms with Gasteiger partial charge in [-0.05, 0) is 59.1 Å². The van der Waals surface area contributed by atoms with Gasteiger partial charge in [0, 0.05) is 28.5 Å². The number of azo groups is 1. The van der Waals surface area contributed by atoms with E-state index in [0.29, 0.717) is 23.1 Å². The SMILES string of the molecule is O=C(N=Nc1c(O)[nH]c2c(Br)cc(F)cc12)c1cccc(S(=O)(=O)N2CCCC2)c1. The highest BCUT2D eigenvalue weighted by Crippen LogP contribution is 2.39. The Morgan fingerprint density at radius 1 is 1.20 bits per heavy atom. The Morgan fingerprint density at radius 3 is 2.67 bits per heavy atom. The van der Waals surface area contributed by atoms with Gasteiger partial charge < -0.3 is 10.1 Å². The summed E-state index contributed by atoms with van der Waals surface area (Å²) < 4.78 is 40.9. The van der Waals surface area contributed by atoms with Crippen LogP contribution in [-0.2, 0) is 10.0 Å². The number of hydrogen-bond donors (Lipinski definition) is 2. The van der Waals surface area contributed by atoms with E-state index in [0.717, 1.165) is 18.9 Å². The van der Waals surface area contributed by atoms with Crippen molar-refractivity contribution < 1.29 is 22.7 Å². The highest BCUT2D eigenvalue weighted by molar-refractivity contribution is 9.10. The number of H-pyrrole nitrogens is 1. The maximum absolute atomic E-state index is 13.7. The van der Waals surface area contributed by atoms with E-state index >= 15 is 0 Å². The number of rotatable bonds is 4. The van der Waals surface area contributed by atoms with E-state index in [9.17, 15) is 22.7 Å². The number of carbonyl (C=O) groups is 1. The zero-order valence-corrected chi connectivity index (χ0v) is 17.9. The Labute approximate surface area is 179 Å². The van der Waals surface area contributed by atoms with Gasteiger partial charge in [-0.1, -0.05) is 6.07 Å². The maximum atomic E-state index is 13.7. The average molecular weight is 495 g/mol. The largest absolute Gasteiger partial charge is 0.493 e. The first kappa shape index (κ1) is 20.6. The van der Waals surface area contributed by atoms with Gasteiger partial charge in [-0.2, -0.15) is 4.31 Å². The van der Waals surface area contributed by atoms with E-state index in [2.05, 4.69) is 31.1 Å². The van der Waals surface area contributed by atoms with Crippen molar-refractivity contribution >= 4 is 48.5 Å². The molecule has 0 unspecified atom stereocenters. The fraction of sp³-hybridized carbons (Fsp3) is 0.211. The third-order valence-electron chi connectivity index (χ3n) is 4.80. The molecule has 0 bridgehead atoms. The topological polar surface area (TPSA) is 115 Å². The Bertz CT molecular complexity index is 1280. The van der Waals surface area contributed by atoms with E-state index in [1.807, 2.05) is 0 Å². The predicted molar refractivity (Wildman–Crippen MR) is 111 cm³/mol. The van der Waals surface area contributed by atoms with Crippen LogP contribution in [0.5, 0.6) is 5.88 Å².